The van der Waals surface area contributed by atoms with Crippen molar-refractivity contribution in [3.05, 3.63) is 95.6 Å². The first-order valence-corrected chi connectivity index (χ1v) is 11.7. The third kappa shape index (κ3) is 5.13. The first-order valence-electron chi connectivity index (χ1n) is 11.7. The fourth-order valence-corrected chi connectivity index (χ4v) is 4.21. The van der Waals surface area contributed by atoms with E-state index in [1.54, 1.807) is 0 Å². The van der Waals surface area contributed by atoms with Crippen LogP contribution in [0.1, 0.15) is 66.7 Å². The summed E-state index contributed by atoms with van der Waals surface area (Å²) in [5.74, 6) is 0.869. The average molecular weight is 429 g/mol. The Labute approximate surface area is 191 Å². The Hall–Kier alpha value is -3.27. The van der Waals surface area contributed by atoms with Gasteiger partial charge in [0.1, 0.15) is 11.9 Å². The zero-order valence-corrected chi connectivity index (χ0v) is 18.8. The van der Waals surface area contributed by atoms with E-state index in [4.69, 9.17) is 4.74 Å². The van der Waals surface area contributed by atoms with Gasteiger partial charge in [-0.25, -0.2) is 0 Å². The zero-order valence-electron chi connectivity index (χ0n) is 18.8. The highest BCUT2D eigenvalue weighted by molar-refractivity contribution is 6.01. The van der Waals surface area contributed by atoms with Crippen molar-refractivity contribution >= 4 is 11.6 Å². The van der Waals surface area contributed by atoms with Gasteiger partial charge in [0.05, 0.1) is 12.2 Å². The summed E-state index contributed by atoms with van der Waals surface area (Å²) >= 11 is 0. The van der Waals surface area contributed by atoms with Gasteiger partial charge in [0.15, 0.2) is 0 Å². The van der Waals surface area contributed by atoms with Crippen LogP contribution in [0.15, 0.2) is 78.9 Å². The predicted molar refractivity (Wildman–Crippen MR) is 130 cm³/mol. The number of anilines is 1. The number of hydrogen-bond donors (Lipinski definition) is 1. The van der Waals surface area contributed by atoms with E-state index in [9.17, 15) is 4.79 Å². The highest BCUT2D eigenvalue weighted by atomic mass is 16.5. The molecule has 1 unspecified atom stereocenters. The largest absolute Gasteiger partial charge is 0.493 e. The van der Waals surface area contributed by atoms with Crippen LogP contribution < -0.4 is 10.1 Å². The van der Waals surface area contributed by atoms with Crippen LogP contribution in [0.3, 0.4) is 0 Å². The minimum absolute atomic E-state index is 0.0302. The molecule has 0 radical (unpaired) electrons. The molecule has 4 heteroatoms. The van der Waals surface area contributed by atoms with Gasteiger partial charge in [0.25, 0.3) is 5.91 Å². The van der Waals surface area contributed by atoms with Crippen molar-refractivity contribution in [1.29, 1.82) is 0 Å². The lowest BCUT2D eigenvalue weighted by molar-refractivity contribution is 0.0664. The molecule has 3 aromatic rings. The van der Waals surface area contributed by atoms with Gasteiger partial charge in [-0.1, -0.05) is 93.3 Å². The van der Waals surface area contributed by atoms with E-state index in [2.05, 4.69) is 30.4 Å². The van der Waals surface area contributed by atoms with Crippen LogP contribution >= 0.6 is 0 Å². The quantitative estimate of drug-likeness (QED) is 0.361. The molecule has 0 aromatic heterocycles. The summed E-state index contributed by atoms with van der Waals surface area (Å²) in [6.07, 6.45) is 5.70. The maximum absolute atomic E-state index is 13.5. The summed E-state index contributed by atoms with van der Waals surface area (Å²) in [6.45, 7) is 3.44. The summed E-state index contributed by atoms with van der Waals surface area (Å²) in [6, 6.07) is 25.9. The van der Waals surface area contributed by atoms with Crippen molar-refractivity contribution < 1.29 is 9.53 Å². The highest BCUT2D eigenvalue weighted by Crippen LogP contribution is 2.37. The molecule has 1 amide bonds. The van der Waals surface area contributed by atoms with Gasteiger partial charge in [-0.2, -0.15) is 0 Å². The van der Waals surface area contributed by atoms with E-state index < -0.39 is 0 Å². The van der Waals surface area contributed by atoms with E-state index in [0.29, 0.717) is 18.7 Å². The van der Waals surface area contributed by atoms with Crippen molar-refractivity contribution in [1.82, 2.24) is 4.90 Å². The Balaban J connectivity index is 1.59. The molecule has 0 saturated carbocycles. The number of nitrogens with zero attached hydrogens (tertiary/aromatic N) is 1. The molecule has 0 saturated heterocycles. The number of rotatable bonds is 10. The van der Waals surface area contributed by atoms with Gasteiger partial charge >= 0.3 is 0 Å². The third-order valence-corrected chi connectivity index (χ3v) is 5.94. The summed E-state index contributed by atoms with van der Waals surface area (Å²) in [5.41, 5.74) is 3.65. The maximum Gasteiger partial charge on any atom is 0.258 e. The van der Waals surface area contributed by atoms with Crippen LogP contribution in [-0.2, 0) is 6.54 Å². The van der Waals surface area contributed by atoms with Crippen LogP contribution in [0, 0.1) is 0 Å². The molecule has 1 heterocycles. The summed E-state index contributed by atoms with van der Waals surface area (Å²) < 4.78 is 6.21. The molecule has 1 aliphatic rings. The fraction of sp³-hybridized carbons (Fsp3) is 0.321. The van der Waals surface area contributed by atoms with Crippen LogP contribution in [0.2, 0.25) is 0 Å². The second kappa shape index (κ2) is 10.9. The number of unbranched alkanes of at least 4 members (excludes halogenated alkanes) is 4. The molecule has 4 nitrogen and oxygen atoms in total. The number of hydrogen-bond acceptors (Lipinski definition) is 3. The number of ether oxygens (including phenoxy) is 1. The smallest absolute Gasteiger partial charge is 0.258 e. The first-order chi connectivity index (χ1) is 15.8. The molecule has 0 bridgehead atoms. The number of fused-ring (bicyclic) bond motifs is 1. The van der Waals surface area contributed by atoms with E-state index in [-0.39, 0.29) is 12.1 Å². The Bertz CT molecular complexity index is 1020. The molecule has 0 fully saturated rings. The van der Waals surface area contributed by atoms with Crippen molar-refractivity contribution in [3.63, 3.8) is 0 Å². The van der Waals surface area contributed by atoms with E-state index in [1.807, 2.05) is 65.6 Å². The average Bonchev–Trinajstić information content (AvgIpc) is 2.84. The molecule has 1 atom stereocenters. The number of carbonyl (C=O) groups excluding carboxylic acids is 1. The maximum atomic E-state index is 13.5. The number of amides is 1. The minimum atomic E-state index is -0.297. The zero-order chi connectivity index (χ0) is 22.2. The summed E-state index contributed by atoms with van der Waals surface area (Å²) in [7, 11) is 0. The van der Waals surface area contributed by atoms with Gasteiger partial charge in [-0.3, -0.25) is 4.79 Å². The molecule has 32 heavy (non-hydrogen) atoms. The van der Waals surface area contributed by atoms with Crippen LogP contribution in [0.25, 0.3) is 0 Å². The molecule has 0 spiro atoms. The topological polar surface area (TPSA) is 41.6 Å². The molecule has 1 N–H and O–H groups in total. The normalized spacial score (nSPS) is 15.2. The van der Waals surface area contributed by atoms with Gasteiger partial charge < -0.3 is 15.0 Å². The van der Waals surface area contributed by atoms with Crippen molar-refractivity contribution in [2.24, 2.45) is 0 Å². The van der Waals surface area contributed by atoms with E-state index in [0.717, 1.165) is 29.0 Å². The van der Waals surface area contributed by atoms with Gasteiger partial charge in [0.2, 0.25) is 0 Å². The number of benzene rings is 3. The lowest BCUT2D eigenvalue weighted by Gasteiger charge is -2.38. The van der Waals surface area contributed by atoms with Crippen molar-refractivity contribution in [3.8, 4) is 5.75 Å². The van der Waals surface area contributed by atoms with Gasteiger partial charge in [0, 0.05) is 17.8 Å². The first kappa shape index (κ1) is 21.9. The summed E-state index contributed by atoms with van der Waals surface area (Å²) in [5, 5.41) is 3.60. The highest BCUT2D eigenvalue weighted by Gasteiger charge is 2.34. The second-order valence-electron chi connectivity index (χ2n) is 8.31. The van der Waals surface area contributed by atoms with Crippen LogP contribution in [0.4, 0.5) is 5.69 Å². The van der Waals surface area contributed by atoms with Crippen molar-refractivity contribution in [2.45, 2.75) is 51.7 Å². The molecule has 0 aliphatic carbocycles. The number of nitrogens with one attached hydrogen (secondary N) is 1. The monoisotopic (exact) mass is 428 g/mol. The van der Waals surface area contributed by atoms with Gasteiger partial charge in [-0.15, -0.1) is 0 Å². The Morgan fingerprint density at radius 2 is 1.56 bits per heavy atom. The lowest BCUT2D eigenvalue weighted by atomic mass is 10.0. The van der Waals surface area contributed by atoms with E-state index in [1.165, 1.54) is 25.7 Å². The Morgan fingerprint density at radius 3 is 2.41 bits per heavy atom. The SMILES string of the molecule is CCCCCCCOc1ccccc1C1Nc2ccccc2C(=O)N1Cc1ccccc1. The molecular formula is C28H32N2O2. The molecule has 4 rings (SSSR count). The molecular weight excluding hydrogens is 396 g/mol. The lowest BCUT2D eigenvalue weighted by Crippen LogP contribution is -2.42. The standard InChI is InChI=1S/C28H32N2O2/c1-2-3-4-5-13-20-32-26-19-12-10-17-24(26)27-29-25-18-11-9-16-23(25)28(31)30(27)21-22-14-7-6-8-15-22/h6-12,14-19,27,29H,2-5,13,20-21H2,1H3. The second-order valence-corrected chi connectivity index (χ2v) is 8.31. The number of carbonyl (C=O) groups is 1. The number of para-hydroxylation sites is 2. The van der Waals surface area contributed by atoms with Crippen molar-refractivity contribution in [2.75, 3.05) is 11.9 Å². The Kier molecular flexibility index (Phi) is 7.44. The van der Waals surface area contributed by atoms with Gasteiger partial charge in [-0.05, 0) is 30.2 Å². The minimum Gasteiger partial charge on any atom is -0.493 e. The molecule has 1 aliphatic heterocycles. The molecule has 3 aromatic carbocycles. The predicted octanol–water partition coefficient (Wildman–Crippen LogP) is 6.80. The fourth-order valence-electron chi connectivity index (χ4n) is 4.21. The summed E-state index contributed by atoms with van der Waals surface area (Å²) in [4.78, 5) is 15.4. The third-order valence-electron chi connectivity index (χ3n) is 5.94. The Morgan fingerprint density at radius 1 is 0.844 bits per heavy atom. The van der Waals surface area contributed by atoms with Crippen LogP contribution in [-0.4, -0.2) is 17.4 Å². The van der Waals surface area contributed by atoms with E-state index >= 15 is 0 Å². The van der Waals surface area contributed by atoms with Crippen LogP contribution in [0.5, 0.6) is 5.75 Å². The molecule has 166 valence electrons.